The Morgan fingerprint density at radius 2 is 1.68 bits per heavy atom. The predicted molar refractivity (Wildman–Crippen MR) is 95.4 cm³/mol. The van der Waals surface area contributed by atoms with Crippen molar-refractivity contribution in [2.75, 3.05) is 22.9 Å². The first kappa shape index (κ1) is 16.3. The second-order valence-electron chi connectivity index (χ2n) is 5.26. The summed E-state index contributed by atoms with van der Waals surface area (Å²) in [5.74, 6) is 1.69. The molecule has 0 spiro atoms. The molecular formula is C17H15N5O3. The molecule has 8 nitrogen and oxygen atoms in total. The Bertz CT molecular complexity index is 922. The van der Waals surface area contributed by atoms with Crippen molar-refractivity contribution < 1.29 is 9.72 Å². The number of hydrogen-bond donors (Lipinski definition) is 0. The summed E-state index contributed by atoms with van der Waals surface area (Å²) in [6.07, 6.45) is 5.49. The minimum absolute atomic E-state index is 0.0541. The highest BCUT2D eigenvalue weighted by Gasteiger charge is 2.33. The first-order valence-electron chi connectivity index (χ1n) is 7.49. The van der Waals surface area contributed by atoms with Gasteiger partial charge in [0.1, 0.15) is 12.1 Å². The molecule has 3 rings (SSSR count). The van der Waals surface area contributed by atoms with E-state index in [1.807, 2.05) is 4.90 Å². The molecule has 0 atom stereocenters. The van der Waals surface area contributed by atoms with Gasteiger partial charge in [-0.3, -0.25) is 14.9 Å². The zero-order valence-electron chi connectivity index (χ0n) is 13.3. The van der Waals surface area contributed by atoms with Gasteiger partial charge in [-0.05, 0) is 6.07 Å². The van der Waals surface area contributed by atoms with E-state index in [2.05, 4.69) is 23.1 Å². The average molecular weight is 337 g/mol. The number of allylic oxidation sites excluding steroid dienone is 1. The standard InChI is InChI=1S/C17H15N5O3/c1-3-8-20-15(7-10-23)21(9-4-2)17-16(20)18-13-6-5-12(22(24)25)11-14(13)19-17/h3-7,10-11H,1-2,8-9H2/b15-7-. The number of nitrogens with zero attached hydrogens (tertiary/aromatic N) is 5. The van der Waals surface area contributed by atoms with Crippen molar-refractivity contribution >= 4 is 34.6 Å². The van der Waals surface area contributed by atoms with E-state index >= 15 is 0 Å². The maximum Gasteiger partial charge on any atom is 0.271 e. The molecule has 0 saturated heterocycles. The molecule has 1 aliphatic heterocycles. The fourth-order valence-corrected chi connectivity index (χ4v) is 2.72. The first-order chi connectivity index (χ1) is 12.1. The molecule has 0 saturated carbocycles. The van der Waals surface area contributed by atoms with Crippen molar-refractivity contribution in [2.45, 2.75) is 0 Å². The molecule has 25 heavy (non-hydrogen) atoms. The van der Waals surface area contributed by atoms with E-state index in [9.17, 15) is 14.9 Å². The van der Waals surface area contributed by atoms with Gasteiger partial charge in [-0.25, -0.2) is 9.97 Å². The van der Waals surface area contributed by atoms with Crippen LogP contribution >= 0.6 is 0 Å². The lowest BCUT2D eigenvalue weighted by atomic mass is 10.2. The molecule has 0 amide bonds. The summed E-state index contributed by atoms with van der Waals surface area (Å²) in [7, 11) is 0. The lowest BCUT2D eigenvalue weighted by Gasteiger charge is -2.21. The summed E-state index contributed by atoms with van der Waals surface area (Å²) in [6.45, 7) is 8.32. The van der Waals surface area contributed by atoms with Gasteiger partial charge in [-0.2, -0.15) is 0 Å². The number of carbonyl (C=O) groups excluding carboxylic acids is 1. The molecule has 0 radical (unpaired) electrons. The number of fused-ring (bicyclic) bond motifs is 2. The number of rotatable bonds is 6. The van der Waals surface area contributed by atoms with Crippen LogP contribution in [-0.2, 0) is 4.79 Å². The minimum Gasteiger partial charge on any atom is -0.305 e. The minimum atomic E-state index is -0.475. The van der Waals surface area contributed by atoms with E-state index in [1.54, 1.807) is 23.1 Å². The number of non-ortho nitro benzene ring substituents is 1. The largest absolute Gasteiger partial charge is 0.305 e. The Labute approximate surface area is 143 Å². The summed E-state index contributed by atoms with van der Waals surface area (Å²) < 4.78 is 0. The lowest BCUT2D eigenvalue weighted by molar-refractivity contribution is -0.384. The fraction of sp³-hybridized carbons (Fsp3) is 0.118. The summed E-state index contributed by atoms with van der Waals surface area (Å²) >= 11 is 0. The number of aldehydes is 1. The molecule has 2 heterocycles. The van der Waals surface area contributed by atoms with Crippen molar-refractivity contribution in [2.24, 2.45) is 0 Å². The molecule has 0 fully saturated rings. The molecule has 2 aromatic rings. The highest BCUT2D eigenvalue weighted by molar-refractivity contribution is 5.88. The Kier molecular flexibility index (Phi) is 4.25. The van der Waals surface area contributed by atoms with Crippen LogP contribution in [0.5, 0.6) is 0 Å². The first-order valence-corrected chi connectivity index (χ1v) is 7.49. The van der Waals surface area contributed by atoms with Gasteiger partial charge in [0.25, 0.3) is 5.69 Å². The Balaban J connectivity index is 2.24. The second-order valence-corrected chi connectivity index (χ2v) is 5.26. The monoisotopic (exact) mass is 337 g/mol. The molecule has 8 heteroatoms. The van der Waals surface area contributed by atoms with Gasteiger partial charge in [-0.15, -0.1) is 13.2 Å². The van der Waals surface area contributed by atoms with Crippen molar-refractivity contribution in [1.29, 1.82) is 0 Å². The lowest BCUT2D eigenvalue weighted by Crippen LogP contribution is -2.29. The zero-order valence-corrected chi connectivity index (χ0v) is 13.3. The number of anilines is 2. The third-order valence-corrected chi connectivity index (χ3v) is 3.73. The van der Waals surface area contributed by atoms with Crippen molar-refractivity contribution in [3.63, 3.8) is 0 Å². The topological polar surface area (TPSA) is 92.5 Å². The molecule has 0 unspecified atom stereocenters. The summed E-state index contributed by atoms with van der Waals surface area (Å²) in [6, 6.07) is 4.33. The molecular weight excluding hydrogens is 322 g/mol. The van der Waals surface area contributed by atoms with E-state index in [0.717, 1.165) is 0 Å². The summed E-state index contributed by atoms with van der Waals surface area (Å²) in [5, 5.41) is 11.0. The van der Waals surface area contributed by atoms with Crippen LogP contribution in [0.15, 0.2) is 55.4 Å². The maximum atomic E-state index is 11.1. The number of aromatic nitrogens is 2. The van der Waals surface area contributed by atoms with Gasteiger partial charge in [0.15, 0.2) is 11.6 Å². The van der Waals surface area contributed by atoms with Crippen LogP contribution in [-0.4, -0.2) is 34.3 Å². The highest BCUT2D eigenvalue weighted by atomic mass is 16.6. The van der Waals surface area contributed by atoms with Crippen LogP contribution in [0.25, 0.3) is 11.0 Å². The Hall–Kier alpha value is -3.55. The number of carbonyl (C=O) groups is 1. The van der Waals surface area contributed by atoms with Gasteiger partial charge in [0, 0.05) is 31.3 Å². The normalized spacial score (nSPS) is 14.6. The molecule has 0 aliphatic carbocycles. The molecule has 1 aromatic carbocycles. The van der Waals surface area contributed by atoms with E-state index in [1.165, 1.54) is 18.2 Å². The highest BCUT2D eigenvalue weighted by Crippen LogP contribution is 2.39. The van der Waals surface area contributed by atoms with Crippen molar-refractivity contribution in [1.82, 2.24) is 9.97 Å². The third-order valence-electron chi connectivity index (χ3n) is 3.73. The fourth-order valence-electron chi connectivity index (χ4n) is 2.72. The van der Waals surface area contributed by atoms with Gasteiger partial charge in [-0.1, -0.05) is 12.2 Å². The number of benzene rings is 1. The van der Waals surface area contributed by atoms with Crippen LogP contribution in [0, 0.1) is 10.1 Å². The van der Waals surface area contributed by atoms with Gasteiger partial charge in [0.2, 0.25) is 0 Å². The van der Waals surface area contributed by atoms with Crippen LogP contribution < -0.4 is 9.80 Å². The Morgan fingerprint density at radius 3 is 2.20 bits per heavy atom. The van der Waals surface area contributed by atoms with E-state index < -0.39 is 4.92 Å². The molecule has 0 bridgehead atoms. The van der Waals surface area contributed by atoms with Crippen molar-refractivity contribution in [3.05, 3.63) is 65.5 Å². The quantitative estimate of drug-likeness (QED) is 0.263. The number of nitro benzene ring substituents is 1. The summed E-state index contributed by atoms with van der Waals surface area (Å²) in [4.78, 5) is 34.3. The van der Waals surface area contributed by atoms with Gasteiger partial charge < -0.3 is 9.80 Å². The van der Waals surface area contributed by atoms with Crippen molar-refractivity contribution in [3.8, 4) is 0 Å². The molecule has 1 aromatic heterocycles. The van der Waals surface area contributed by atoms with E-state index in [4.69, 9.17) is 0 Å². The van der Waals surface area contributed by atoms with Gasteiger partial charge >= 0.3 is 0 Å². The molecule has 126 valence electrons. The molecule has 1 aliphatic rings. The van der Waals surface area contributed by atoms with Crippen LogP contribution in [0.3, 0.4) is 0 Å². The third kappa shape index (κ3) is 2.74. The van der Waals surface area contributed by atoms with E-state index in [-0.39, 0.29) is 5.69 Å². The maximum absolute atomic E-state index is 11.1. The Morgan fingerprint density at radius 1 is 1.08 bits per heavy atom. The van der Waals surface area contributed by atoms with Crippen LogP contribution in [0.1, 0.15) is 0 Å². The van der Waals surface area contributed by atoms with Crippen LogP contribution in [0.4, 0.5) is 17.3 Å². The van der Waals surface area contributed by atoms with Gasteiger partial charge in [0.05, 0.1) is 16.0 Å². The van der Waals surface area contributed by atoms with E-state index in [0.29, 0.717) is 47.9 Å². The zero-order chi connectivity index (χ0) is 18.0. The smallest absolute Gasteiger partial charge is 0.271 e. The second kappa shape index (κ2) is 6.52. The molecule has 0 N–H and O–H groups in total. The SMILES string of the molecule is C=CCN1/C(=C/C=O)N(CC=C)c2nc3cc([N+](=O)[O-])ccc3nc21. The number of hydrogen-bond acceptors (Lipinski definition) is 7. The summed E-state index contributed by atoms with van der Waals surface area (Å²) in [5.41, 5.74) is 0.888. The number of nitro groups is 1. The predicted octanol–water partition coefficient (Wildman–Crippen LogP) is 2.58. The average Bonchev–Trinajstić information content (AvgIpc) is 2.86. The van der Waals surface area contributed by atoms with Crippen LogP contribution in [0.2, 0.25) is 0 Å².